The maximum atomic E-state index is 6.12. The molecule has 3 rings (SSSR count). The molecule has 1 aromatic rings. The summed E-state index contributed by atoms with van der Waals surface area (Å²) < 4.78 is 7.23. The van der Waals surface area contributed by atoms with Crippen LogP contribution in [0, 0.1) is 0 Å². The van der Waals surface area contributed by atoms with E-state index in [1.54, 1.807) is 0 Å². The first kappa shape index (κ1) is 13.6. The van der Waals surface area contributed by atoms with Gasteiger partial charge in [-0.15, -0.1) is 0 Å². The molecule has 3 heteroatoms. The Balaban J connectivity index is 2.09. The minimum absolute atomic E-state index is 0.235. The fourth-order valence-electron chi connectivity index (χ4n) is 3.09. The summed E-state index contributed by atoms with van der Waals surface area (Å²) in [5, 5.41) is 0. The number of pyridine rings is 1. The normalized spacial score (nSPS) is 24.0. The van der Waals surface area contributed by atoms with Gasteiger partial charge >= 0.3 is 0 Å². The number of aromatic nitrogens is 1. The molecule has 2 nitrogen and oxygen atoms in total. The van der Waals surface area contributed by atoms with Gasteiger partial charge in [-0.1, -0.05) is 22.0 Å². The molecule has 0 fully saturated rings. The lowest BCUT2D eigenvalue weighted by atomic mass is 9.79. The van der Waals surface area contributed by atoms with Crippen molar-refractivity contribution in [2.75, 3.05) is 0 Å². The van der Waals surface area contributed by atoms with Crippen LogP contribution in [0.15, 0.2) is 58.1 Å². The summed E-state index contributed by atoms with van der Waals surface area (Å²) in [5.74, 6) is 1.31. The van der Waals surface area contributed by atoms with Crippen LogP contribution in [-0.4, -0.2) is 10.6 Å². The molecule has 1 aliphatic carbocycles. The fraction of sp³-hybridized carbons (Fsp3) is 0.353. The lowest BCUT2D eigenvalue weighted by Gasteiger charge is -2.36. The molecule has 1 aromatic heterocycles. The van der Waals surface area contributed by atoms with Crippen LogP contribution in [0.2, 0.25) is 0 Å². The van der Waals surface area contributed by atoms with Crippen molar-refractivity contribution in [1.29, 1.82) is 0 Å². The highest BCUT2D eigenvalue weighted by molar-refractivity contribution is 9.10. The Morgan fingerprint density at radius 2 is 2.20 bits per heavy atom. The molecule has 1 atom stereocenters. The number of nitrogens with zero attached hydrogens (tertiary/aromatic N) is 1. The van der Waals surface area contributed by atoms with Crippen LogP contribution in [0.5, 0.6) is 0 Å². The van der Waals surface area contributed by atoms with Crippen LogP contribution in [0.4, 0.5) is 0 Å². The largest absolute Gasteiger partial charge is 0.483 e. The summed E-state index contributed by atoms with van der Waals surface area (Å²) in [6.45, 7) is 6.37. The molecule has 0 saturated carbocycles. The SMILES string of the molecule is CC1=CC(C)(C)OC2=C1[C@H](c1cnccc1Br)CC=C2. The first-order valence-corrected chi connectivity index (χ1v) is 7.66. The number of hydrogen-bond donors (Lipinski definition) is 0. The van der Waals surface area contributed by atoms with Crippen LogP contribution < -0.4 is 0 Å². The van der Waals surface area contributed by atoms with Crippen molar-refractivity contribution in [2.45, 2.75) is 38.7 Å². The quantitative estimate of drug-likeness (QED) is 0.730. The molecule has 0 bridgehead atoms. The minimum atomic E-state index is -0.235. The lowest BCUT2D eigenvalue weighted by molar-refractivity contribution is 0.0777. The predicted octanol–water partition coefficient (Wildman–Crippen LogP) is 4.90. The van der Waals surface area contributed by atoms with Gasteiger partial charge in [-0.05, 0) is 56.5 Å². The van der Waals surface area contributed by atoms with Gasteiger partial charge in [0.15, 0.2) is 0 Å². The van der Waals surface area contributed by atoms with Gasteiger partial charge in [0.1, 0.15) is 11.4 Å². The van der Waals surface area contributed by atoms with Crippen LogP contribution in [0.25, 0.3) is 0 Å². The van der Waals surface area contributed by atoms with Crippen molar-refractivity contribution in [3.05, 3.63) is 63.6 Å². The van der Waals surface area contributed by atoms with E-state index in [1.165, 1.54) is 16.7 Å². The summed E-state index contributed by atoms with van der Waals surface area (Å²) in [6, 6.07) is 2.00. The Labute approximate surface area is 128 Å². The van der Waals surface area contributed by atoms with E-state index in [2.05, 4.69) is 59.9 Å². The highest BCUT2D eigenvalue weighted by atomic mass is 79.9. The maximum Gasteiger partial charge on any atom is 0.124 e. The Bertz CT molecular complexity index is 640. The molecule has 0 saturated heterocycles. The van der Waals surface area contributed by atoms with Crippen molar-refractivity contribution in [2.24, 2.45) is 0 Å². The predicted molar refractivity (Wildman–Crippen MR) is 84.4 cm³/mol. The molecule has 2 aliphatic rings. The van der Waals surface area contributed by atoms with E-state index in [9.17, 15) is 0 Å². The molecule has 0 unspecified atom stereocenters. The molecule has 104 valence electrons. The van der Waals surface area contributed by atoms with Crippen molar-refractivity contribution >= 4 is 15.9 Å². The van der Waals surface area contributed by atoms with E-state index in [1.807, 2.05) is 18.5 Å². The van der Waals surface area contributed by atoms with E-state index >= 15 is 0 Å². The van der Waals surface area contributed by atoms with Crippen molar-refractivity contribution < 1.29 is 4.74 Å². The van der Waals surface area contributed by atoms with Crippen LogP contribution in [0.1, 0.15) is 38.7 Å². The van der Waals surface area contributed by atoms with Gasteiger partial charge in [-0.25, -0.2) is 0 Å². The zero-order chi connectivity index (χ0) is 14.3. The Hall–Kier alpha value is -1.35. The standard InChI is InChI=1S/C17H18BrNO/c1-11-9-17(2,3)20-15-6-4-5-12(16(11)15)13-10-19-8-7-14(13)18/h4,6-10,12H,5H2,1-3H3/t12-/m0/s1. The average Bonchev–Trinajstić information content (AvgIpc) is 2.37. The minimum Gasteiger partial charge on any atom is -0.483 e. The second kappa shape index (κ2) is 4.88. The van der Waals surface area contributed by atoms with Crippen LogP contribution >= 0.6 is 15.9 Å². The van der Waals surface area contributed by atoms with Crippen molar-refractivity contribution in [3.8, 4) is 0 Å². The third kappa shape index (κ3) is 2.35. The third-order valence-corrected chi connectivity index (χ3v) is 4.51. The van der Waals surface area contributed by atoms with E-state index in [0.717, 1.165) is 16.7 Å². The fourth-order valence-corrected chi connectivity index (χ4v) is 3.59. The number of hydrogen-bond acceptors (Lipinski definition) is 2. The van der Waals surface area contributed by atoms with Gasteiger partial charge in [0.25, 0.3) is 0 Å². The zero-order valence-electron chi connectivity index (χ0n) is 12.0. The van der Waals surface area contributed by atoms with Gasteiger partial charge in [0.2, 0.25) is 0 Å². The smallest absolute Gasteiger partial charge is 0.124 e. The number of allylic oxidation sites excluding steroid dienone is 4. The Morgan fingerprint density at radius 1 is 1.40 bits per heavy atom. The maximum absolute atomic E-state index is 6.12. The highest BCUT2D eigenvalue weighted by Gasteiger charge is 2.32. The number of ether oxygens (including phenoxy) is 1. The Kier molecular flexibility index (Phi) is 3.33. The molecule has 0 spiro atoms. The van der Waals surface area contributed by atoms with Gasteiger partial charge in [0.05, 0.1) is 0 Å². The van der Waals surface area contributed by atoms with Gasteiger partial charge < -0.3 is 4.74 Å². The van der Waals surface area contributed by atoms with Gasteiger partial charge in [-0.3, -0.25) is 4.98 Å². The topological polar surface area (TPSA) is 22.1 Å². The molecule has 1 aliphatic heterocycles. The molecule has 0 N–H and O–H groups in total. The summed E-state index contributed by atoms with van der Waals surface area (Å²) in [4.78, 5) is 4.27. The lowest BCUT2D eigenvalue weighted by Crippen LogP contribution is -2.28. The molecule has 0 aromatic carbocycles. The average molecular weight is 332 g/mol. The van der Waals surface area contributed by atoms with Crippen LogP contribution in [0.3, 0.4) is 0 Å². The monoisotopic (exact) mass is 331 g/mol. The number of halogens is 1. The summed E-state index contributed by atoms with van der Waals surface area (Å²) in [7, 11) is 0. The number of rotatable bonds is 1. The molecular formula is C17H18BrNO. The molecular weight excluding hydrogens is 314 g/mol. The van der Waals surface area contributed by atoms with E-state index in [4.69, 9.17) is 4.74 Å². The second-order valence-electron chi connectivity index (χ2n) is 5.90. The van der Waals surface area contributed by atoms with Gasteiger partial charge in [-0.2, -0.15) is 0 Å². The van der Waals surface area contributed by atoms with Crippen molar-refractivity contribution in [1.82, 2.24) is 4.98 Å². The highest BCUT2D eigenvalue weighted by Crippen LogP contribution is 2.44. The Morgan fingerprint density at radius 3 is 2.95 bits per heavy atom. The van der Waals surface area contributed by atoms with E-state index < -0.39 is 0 Å². The van der Waals surface area contributed by atoms with Crippen molar-refractivity contribution in [3.63, 3.8) is 0 Å². The van der Waals surface area contributed by atoms with E-state index in [0.29, 0.717) is 5.92 Å². The van der Waals surface area contributed by atoms with E-state index in [-0.39, 0.29) is 5.60 Å². The molecule has 2 heterocycles. The zero-order valence-corrected chi connectivity index (χ0v) is 13.6. The first-order valence-electron chi connectivity index (χ1n) is 6.87. The molecule has 20 heavy (non-hydrogen) atoms. The second-order valence-corrected chi connectivity index (χ2v) is 6.75. The first-order chi connectivity index (χ1) is 9.48. The molecule has 0 amide bonds. The third-order valence-electron chi connectivity index (χ3n) is 3.79. The van der Waals surface area contributed by atoms with Gasteiger partial charge in [0, 0.05) is 28.4 Å². The van der Waals surface area contributed by atoms with Crippen LogP contribution in [-0.2, 0) is 4.74 Å². The summed E-state index contributed by atoms with van der Waals surface area (Å²) >= 11 is 3.64. The summed E-state index contributed by atoms with van der Waals surface area (Å²) in [5.41, 5.74) is 3.59. The molecule has 0 radical (unpaired) electrons. The summed E-state index contributed by atoms with van der Waals surface area (Å²) in [6.07, 6.45) is 11.3.